The van der Waals surface area contributed by atoms with Crippen LogP contribution in [0.2, 0.25) is 0 Å². The van der Waals surface area contributed by atoms with E-state index in [1.54, 1.807) is 50.2 Å². The predicted octanol–water partition coefficient (Wildman–Crippen LogP) is 4.43. The van der Waals surface area contributed by atoms with Crippen LogP contribution in [0.5, 0.6) is 11.5 Å². The molecule has 0 atom stereocenters. The van der Waals surface area contributed by atoms with Crippen molar-refractivity contribution in [2.45, 2.75) is 18.7 Å². The summed E-state index contributed by atoms with van der Waals surface area (Å²) < 4.78 is 36.2. The number of nitro groups is 1. The van der Waals surface area contributed by atoms with E-state index in [1.807, 2.05) is 6.07 Å². The van der Waals surface area contributed by atoms with Crippen LogP contribution in [0.15, 0.2) is 70.7 Å². The second-order valence-electron chi connectivity index (χ2n) is 6.86. The molecule has 3 aromatic carbocycles. The van der Waals surface area contributed by atoms with Gasteiger partial charge in [-0.1, -0.05) is 24.3 Å². The number of ether oxygens (including phenoxy) is 1. The van der Waals surface area contributed by atoms with Crippen molar-refractivity contribution in [1.82, 2.24) is 0 Å². The second-order valence-corrected chi connectivity index (χ2v) is 8.38. The highest BCUT2D eigenvalue weighted by Gasteiger charge is 2.21. The van der Waals surface area contributed by atoms with Crippen LogP contribution in [-0.4, -0.2) is 26.7 Å². The zero-order valence-corrected chi connectivity index (χ0v) is 18.4. The quantitative estimate of drug-likeness (QED) is 0.231. The van der Waals surface area contributed by atoms with Crippen molar-refractivity contribution in [2.75, 3.05) is 12.5 Å². The van der Waals surface area contributed by atoms with Crippen LogP contribution in [0.1, 0.15) is 16.7 Å². The van der Waals surface area contributed by atoms with E-state index in [0.29, 0.717) is 11.1 Å². The van der Waals surface area contributed by atoms with Gasteiger partial charge in [-0.05, 0) is 60.9 Å². The van der Waals surface area contributed by atoms with Crippen molar-refractivity contribution >= 4 is 27.7 Å². The molecule has 0 saturated carbocycles. The number of aryl methyl sites for hydroxylation is 2. The van der Waals surface area contributed by atoms with Crippen LogP contribution in [0.4, 0.5) is 11.4 Å². The number of anilines is 1. The van der Waals surface area contributed by atoms with Crippen LogP contribution >= 0.6 is 0 Å². The Bertz CT molecular complexity index is 1290. The van der Waals surface area contributed by atoms with E-state index in [0.717, 1.165) is 5.56 Å². The van der Waals surface area contributed by atoms with E-state index in [-0.39, 0.29) is 27.8 Å². The molecule has 32 heavy (non-hydrogen) atoms. The molecule has 0 aliphatic rings. The third-order valence-corrected chi connectivity index (χ3v) is 5.88. The highest BCUT2D eigenvalue weighted by atomic mass is 32.2. The number of benzene rings is 3. The molecule has 0 amide bonds. The highest BCUT2D eigenvalue weighted by molar-refractivity contribution is 7.87. The molecule has 166 valence electrons. The van der Waals surface area contributed by atoms with E-state index in [1.165, 1.54) is 31.5 Å². The largest absolute Gasteiger partial charge is 0.493 e. The summed E-state index contributed by atoms with van der Waals surface area (Å²) >= 11 is 0. The monoisotopic (exact) mass is 455 g/mol. The number of hydrogen-bond acceptors (Lipinski definition) is 8. The molecule has 3 rings (SSSR count). The maximum Gasteiger partial charge on any atom is 0.339 e. The Morgan fingerprint density at radius 1 is 1.03 bits per heavy atom. The summed E-state index contributed by atoms with van der Waals surface area (Å²) in [5.74, 6) is 0.214. The first kappa shape index (κ1) is 22.8. The average Bonchev–Trinajstić information content (AvgIpc) is 2.76. The lowest BCUT2D eigenvalue weighted by molar-refractivity contribution is -0.384. The van der Waals surface area contributed by atoms with Crippen molar-refractivity contribution in [3.63, 3.8) is 0 Å². The molecule has 10 heteroatoms. The van der Waals surface area contributed by atoms with Gasteiger partial charge in [-0.3, -0.25) is 15.5 Å². The lowest BCUT2D eigenvalue weighted by Gasteiger charge is -2.13. The first-order chi connectivity index (χ1) is 15.2. The fourth-order valence-corrected chi connectivity index (χ4v) is 4.13. The Balaban J connectivity index is 1.81. The summed E-state index contributed by atoms with van der Waals surface area (Å²) in [5, 5.41) is 15.1. The van der Waals surface area contributed by atoms with Crippen LogP contribution in [0.3, 0.4) is 0 Å². The number of methoxy groups -OCH3 is 1. The summed E-state index contributed by atoms with van der Waals surface area (Å²) in [6.07, 6.45) is 1.42. The van der Waals surface area contributed by atoms with Crippen molar-refractivity contribution in [3.05, 3.63) is 87.5 Å². The molecule has 0 aliphatic heterocycles. The first-order valence-corrected chi connectivity index (χ1v) is 10.8. The number of rotatable bonds is 8. The van der Waals surface area contributed by atoms with Crippen molar-refractivity contribution < 1.29 is 22.3 Å². The molecule has 9 nitrogen and oxygen atoms in total. The minimum Gasteiger partial charge on any atom is -0.493 e. The maximum atomic E-state index is 12.8. The van der Waals surface area contributed by atoms with Crippen molar-refractivity contribution in [1.29, 1.82) is 0 Å². The Hall–Kier alpha value is -3.92. The Labute approximate surface area is 185 Å². The van der Waals surface area contributed by atoms with Gasteiger partial charge in [0, 0.05) is 6.07 Å². The van der Waals surface area contributed by atoms with Crippen molar-refractivity contribution in [3.8, 4) is 11.5 Å². The topological polar surface area (TPSA) is 120 Å². The number of para-hydroxylation sites is 2. The van der Waals surface area contributed by atoms with Crippen LogP contribution in [-0.2, 0) is 10.1 Å². The Morgan fingerprint density at radius 2 is 1.78 bits per heavy atom. The number of nitrogens with one attached hydrogen (secondary N) is 1. The van der Waals surface area contributed by atoms with Gasteiger partial charge in [-0.15, -0.1) is 0 Å². The molecule has 0 fully saturated rings. The Morgan fingerprint density at radius 3 is 2.50 bits per heavy atom. The average molecular weight is 455 g/mol. The SMILES string of the molecule is COc1cc(/C=N/Nc2ccccc2[N+](=O)[O-])ccc1OS(=O)(=O)c1cc(C)ccc1C. The molecule has 0 spiro atoms. The molecule has 0 unspecified atom stereocenters. The van der Waals surface area contributed by atoms with Gasteiger partial charge in [0.2, 0.25) is 0 Å². The minimum absolute atomic E-state index is 0.0252. The maximum absolute atomic E-state index is 12.8. The molecule has 0 aromatic heterocycles. The van der Waals surface area contributed by atoms with Gasteiger partial charge in [-0.2, -0.15) is 13.5 Å². The van der Waals surface area contributed by atoms with Gasteiger partial charge in [0.1, 0.15) is 10.6 Å². The normalized spacial score (nSPS) is 11.3. The van der Waals surface area contributed by atoms with Gasteiger partial charge in [0.15, 0.2) is 11.5 Å². The van der Waals surface area contributed by atoms with E-state index >= 15 is 0 Å². The highest BCUT2D eigenvalue weighted by Crippen LogP contribution is 2.31. The molecule has 3 aromatic rings. The fraction of sp³-hybridized carbons (Fsp3) is 0.136. The first-order valence-electron chi connectivity index (χ1n) is 9.43. The molecule has 0 radical (unpaired) electrons. The Kier molecular flexibility index (Phi) is 6.74. The summed E-state index contributed by atoms with van der Waals surface area (Å²) in [6.45, 7) is 3.49. The van der Waals surface area contributed by atoms with E-state index in [9.17, 15) is 18.5 Å². The summed E-state index contributed by atoms with van der Waals surface area (Å²) in [7, 11) is -2.68. The molecular weight excluding hydrogens is 434 g/mol. The smallest absolute Gasteiger partial charge is 0.339 e. The van der Waals surface area contributed by atoms with Crippen molar-refractivity contribution in [2.24, 2.45) is 5.10 Å². The van der Waals surface area contributed by atoms with Gasteiger partial charge >= 0.3 is 10.1 Å². The van der Waals surface area contributed by atoms with Crippen LogP contribution in [0.25, 0.3) is 0 Å². The standard InChI is InChI=1S/C22H21N3O6S/c1-15-8-9-16(2)22(12-15)32(28,29)31-20-11-10-17(13-21(20)30-3)14-23-24-18-6-4-5-7-19(18)25(26)27/h4-14,24H,1-3H3/b23-14+. The van der Waals surface area contributed by atoms with Gasteiger partial charge < -0.3 is 8.92 Å². The van der Waals surface area contributed by atoms with E-state index in [2.05, 4.69) is 10.5 Å². The second kappa shape index (κ2) is 9.48. The number of hydrogen-bond donors (Lipinski definition) is 1. The molecule has 0 bridgehead atoms. The van der Waals surface area contributed by atoms with Crippen LogP contribution < -0.4 is 14.3 Å². The summed E-state index contributed by atoms with van der Waals surface area (Å²) in [6, 6.07) is 15.8. The minimum atomic E-state index is -4.07. The third kappa shape index (κ3) is 5.22. The van der Waals surface area contributed by atoms with E-state index in [4.69, 9.17) is 8.92 Å². The van der Waals surface area contributed by atoms with Gasteiger partial charge in [0.25, 0.3) is 5.69 Å². The zero-order valence-electron chi connectivity index (χ0n) is 17.6. The van der Waals surface area contributed by atoms with Gasteiger partial charge in [0.05, 0.1) is 18.2 Å². The predicted molar refractivity (Wildman–Crippen MR) is 121 cm³/mol. The molecule has 0 aliphatic carbocycles. The number of nitro benzene ring substituents is 1. The zero-order chi connectivity index (χ0) is 23.3. The third-order valence-electron chi connectivity index (χ3n) is 4.50. The van der Waals surface area contributed by atoms with Gasteiger partial charge in [-0.25, -0.2) is 0 Å². The molecular formula is C22H21N3O6S. The molecule has 1 N–H and O–H groups in total. The number of nitrogens with zero attached hydrogens (tertiary/aromatic N) is 2. The fourth-order valence-electron chi connectivity index (χ4n) is 2.88. The molecule has 0 saturated heterocycles. The van der Waals surface area contributed by atoms with E-state index < -0.39 is 15.0 Å². The van der Waals surface area contributed by atoms with Crippen LogP contribution in [0, 0.1) is 24.0 Å². The summed E-state index contributed by atoms with van der Waals surface area (Å²) in [5.41, 5.74) is 4.68. The lowest BCUT2D eigenvalue weighted by atomic mass is 10.2. The lowest BCUT2D eigenvalue weighted by Crippen LogP contribution is -2.12. The summed E-state index contributed by atoms with van der Waals surface area (Å²) in [4.78, 5) is 10.6. The number of hydrazone groups is 1. The molecule has 0 heterocycles.